The van der Waals surface area contributed by atoms with E-state index in [4.69, 9.17) is 16.3 Å². The Morgan fingerprint density at radius 1 is 1.14 bits per heavy atom. The monoisotopic (exact) mass is 510 g/mol. The molecule has 2 N–H and O–H groups in total. The maximum absolute atomic E-state index is 13.1. The lowest BCUT2D eigenvalue weighted by atomic mass is 9.97. The minimum Gasteiger partial charge on any atom is -0.426 e. The topological polar surface area (TPSA) is 105 Å². The molecule has 3 rings (SSSR count). The van der Waals surface area contributed by atoms with Crippen LogP contribution >= 0.6 is 11.6 Å². The van der Waals surface area contributed by atoms with Gasteiger partial charge in [0.2, 0.25) is 5.95 Å². The van der Waals surface area contributed by atoms with Gasteiger partial charge in [-0.2, -0.15) is 0 Å². The summed E-state index contributed by atoms with van der Waals surface area (Å²) in [5.41, 5.74) is 1.46. The van der Waals surface area contributed by atoms with Gasteiger partial charge in [0.15, 0.2) is 5.78 Å². The number of carbonyl (C=O) groups excluding carboxylic acids is 2. The van der Waals surface area contributed by atoms with E-state index in [-0.39, 0.29) is 24.8 Å². The highest BCUT2D eigenvalue weighted by Crippen LogP contribution is 2.26. The number of halogens is 1. The smallest absolute Gasteiger partial charge is 0.316 e. The van der Waals surface area contributed by atoms with Gasteiger partial charge in [-0.15, -0.1) is 0 Å². The fraction of sp³-hybridized carbons (Fsp3) is 0.333. The van der Waals surface area contributed by atoms with E-state index >= 15 is 0 Å². The second kappa shape index (κ2) is 11.6. The Balaban J connectivity index is 1.69. The van der Waals surface area contributed by atoms with Crippen molar-refractivity contribution in [1.82, 2.24) is 15.3 Å². The first-order valence-electron chi connectivity index (χ1n) is 11.5. The molecule has 8 nitrogen and oxygen atoms in total. The van der Waals surface area contributed by atoms with Crippen molar-refractivity contribution in [2.75, 3.05) is 32.1 Å². The molecule has 1 heterocycles. The quantitative estimate of drug-likeness (QED) is 0.249. The van der Waals surface area contributed by atoms with Gasteiger partial charge in [0.25, 0.3) is 0 Å². The Morgan fingerprint density at radius 2 is 1.86 bits per heavy atom. The van der Waals surface area contributed by atoms with E-state index in [0.717, 1.165) is 0 Å². The number of aliphatic hydroxyl groups is 1. The highest BCUT2D eigenvalue weighted by molar-refractivity contribution is 6.30. The third-order valence-corrected chi connectivity index (χ3v) is 5.50. The van der Waals surface area contributed by atoms with E-state index in [9.17, 15) is 14.7 Å². The van der Waals surface area contributed by atoms with Gasteiger partial charge in [-0.3, -0.25) is 9.59 Å². The molecule has 0 saturated carbocycles. The Kier molecular flexibility index (Phi) is 8.79. The largest absolute Gasteiger partial charge is 0.426 e. The van der Waals surface area contributed by atoms with Crippen LogP contribution in [0.1, 0.15) is 42.8 Å². The number of Topliss-reactive ketones (excluding diaryl/α,β-unsaturated/α-hetero) is 1. The molecule has 0 aliphatic heterocycles. The summed E-state index contributed by atoms with van der Waals surface area (Å²) in [7, 11) is 3.64. The molecule has 0 aliphatic carbocycles. The zero-order valence-corrected chi connectivity index (χ0v) is 21.8. The number of nitrogens with one attached hydrogen (secondary N) is 1. The summed E-state index contributed by atoms with van der Waals surface area (Å²) in [5.74, 6) is 0.231. The third kappa shape index (κ3) is 7.10. The summed E-state index contributed by atoms with van der Waals surface area (Å²) in [4.78, 5) is 35.8. The van der Waals surface area contributed by atoms with Crippen molar-refractivity contribution >= 4 is 29.3 Å². The fourth-order valence-corrected chi connectivity index (χ4v) is 3.42. The first-order chi connectivity index (χ1) is 17.0. The van der Waals surface area contributed by atoms with Crippen LogP contribution in [0.4, 0.5) is 5.95 Å². The standard InChI is InChI=1S/C27H31ClN4O4/c1-27(2,3)25(35)36-20-11-7-8-17(13-20)22(33)15-29-16-23(34)21-14-30-26(32(4)5)31-24(21)18-9-6-10-19(28)12-18/h6-14,22,29,33H,15-16H2,1-5H3. The number of hydrogen-bond donors (Lipinski definition) is 2. The number of ether oxygens (including phenoxy) is 1. The number of esters is 1. The highest BCUT2D eigenvalue weighted by Gasteiger charge is 2.24. The van der Waals surface area contributed by atoms with Crippen molar-refractivity contribution in [1.29, 1.82) is 0 Å². The Bertz CT molecular complexity index is 1240. The number of nitrogens with zero attached hydrogens (tertiary/aromatic N) is 3. The van der Waals surface area contributed by atoms with Crippen LogP contribution in [0.2, 0.25) is 5.02 Å². The van der Waals surface area contributed by atoms with Gasteiger partial charge in [0.05, 0.1) is 29.3 Å². The SMILES string of the molecule is CN(C)c1ncc(C(=O)CNCC(O)c2cccc(OC(=O)C(C)(C)C)c2)c(-c2cccc(Cl)c2)n1. The Morgan fingerprint density at radius 3 is 2.53 bits per heavy atom. The van der Waals surface area contributed by atoms with Gasteiger partial charge < -0.3 is 20.1 Å². The number of anilines is 1. The van der Waals surface area contributed by atoms with Crippen LogP contribution in [-0.2, 0) is 4.79 Å². The minimum absolute atomic E-state index is 0.0337. The number of aliphatic hydroxyl groups excluding tert-OH is 1. The normalized spacial score (nSPS) is 12.2. The van der Waals surface area contributed by atoms with Crippen LogP contribution in [0.25, 0.3) is 11.3 Å². The van der Waals surface area contributed by atoms with Gasteiger partial charge >= 0.3 is 5.97 Å². The van der Waals surface area contributed by atoms with E-state index in [1.807, 2.05) is 20.2 Å². The number of benzene rings is 2. The molecule has 1 aromatic heterocycles. The summed E-state index contributed by atoms with van der Waals surface area (Å²) in [6.45, 7) is 5.39. The van der Waals surface area contributed by atoms with Gasteiger partial charge in [-0.05, 0) is 50.6 Å². The molecule has 0 amide bonds. The van der Waals surface area contributed by atoms with Crippen LogP contribution in [-0.4, -0.2) is 54.0 Å². The van der Waals surface area contributed by atoms with Crippen LogP contribution in [0.15, 0.2) is 54.7 Å². The van der Waals surface area contributed by atoms with Crippen LogP contribution in [0.3, 0.4) is 0 Å². The summed E-state index contributed by atoms with van der Waals surface area (Å²) in [6.07, 6.45) is 0.595. The predicted molar refractivity (Wildman–Crippen MR) is 140 cm³/mol. The van der Waals surface area contributed by atoms with Gasteiger partial charge in [0.1, 0.15) is 5.75 Å². The molecule has 0 fully saturated rings. The highest BCUT2D eigenvalue weighted by atomic mass is 35.5. The summed E-state index contributed by atoms with van der Waals surface area (Å²) < 4.78 is 5.41. The van der Waals surface area contributed by atoms with E-state index in [2.05, 4.69) is 15.3 Å². The average Bonchev–Trinajstić information content (AvgIpc) is 2.83. The molecule has 0 spiro atoms. The van der Waals surface area contributed by atoms with E-state index < -0.39 is 11.5 Å². The maximum Gasteiger partial charge on any atom is 0.316 e. The lowest BCUT2D eigenvalue weighted by Crippen LogP contribution is -2.28. The van der Waals surface area contributed by atoms with Crippen molar-refractivity contribution in [2.24, 2.45) is 5.41 Å². The van der Waals surface area contributed by atoms with Crippen molar-refractivity contribution in [3.63, 3.8) is 0 Å². The number of hydrogen-bond acceptors (Lipinski definition) is 8. The van der Waals surface area contributed by atoms with Gasteiger partial charge in [0, 0.05) is 37.4 Å². The number of rotatable bonds is 9. The molecule has 2 aromatic carbocycles. The molecular weight excluding hydrogens is 480 g/mol. The van der Waals surface area contributed by atoms with E-state index in [1.54, 1.807) is 68.1 Å². The van der Waals surface area contributed by atoms with Crippen molar-refractivity contribution in [3.8, 4) is 17.0 Å². The average molecular weight is 511 g/mol. The molecule has 1 atom stereocenters. The minimum atomic E-state index is -0.911. The number of aromatic nitrogens is 2. The van der Waals surface area contributed by atoms with Crippen LogP contribution in [0.5, 0.6) is 5.75 Å². The molecular formula is C27H31ClN4O4. The molecule has 0 aliphatic rings. The van der Waals surface area contributed by atoms with Crippen molar-refractivity contribution in [2.45, 2.75) is 26.9 Å². The Hall–Kier alpha value is -3.33. The second-order valence-corrected chi connectivity index (χ2v) is 10.1. The number of ketones is 1. The zero-order chi connectivity index (χ0) is 26.5. The second-order valence-electron chi connectivity index (χ2n) is 9.62. The molecule has 0 radical (unpaired) electrons. The molecule has 1 unspecified atom stereocenters. The van der Waals surface area contributed by atoms with E-state index in [0.29, 0.717) is 39.1 Å². The Labute approximate surface area is 216 Å². The summed E-state index contributed by atoms with van der Waals surface area (Å²) in [5, 5.41) is 14.2. The molecule has 190 valence electrons. The van der Waals surface area contributed by atoms with Crippen LogP contribution < -0.4 is 15.0 Å². The maximum atomic E-state index is 13.1. The fourth-order valence-electron chi connectivity index (χ4n) is 3.23. The zero-order valence-electron chi connectivity index (χ0n) is 21.1. The lowest BCUT2D eigenvalue weighted by Gasteiger charge is -2.18. The van der Waals surface area contributed by atoms with Crippen molar-refractivity contribution in [3.05, 3.63) is 70.9 Å². The molecule has 36 heavy (non-hydrogen) atoms. The number of carbonyl (C=O) groups is 2. The lowest BCUT2D eigenvalue weighted by molar-refractivity contribution is -0.143. The first kappa shape index (κ1) is 27.3. The van der Waals surface area contributed by atoms with E-state index in [1.165, 1.54) is 6.20 Å². The van der Waals surface area contributed by atoms with Crippen molar-refractivity contribution < 1.29 is 19.4 Å². The third-order valence-electron chi connectivity index (χ3n) is 5.26. The van der Waals surface area contributed by atoms with Crippen LogP contribution in [0, 0.1) is 5.41 Å². The molecule has 9 heteroatoms. The van der Waals surface area contributed by atoms with Gasteiger partial charge in [-0.25, -0.2) is 9.97 Å². The van der Waals surface area contributed by atoms with Gasteiger partial charge in [-0.1, -0.05) is 35.9 Å². The molecule has 0 saturated heterocycles. The summed E-state index contributed by atoms with van der Waals surface area (Å²) >= 11 is 6.16. The first-order valence-corrected chi connectivity index (χ1v) is 11.9. The summed E-state index contributed by atoms with van der Waals surface area (Å²) in [6, 6.07) is 13.8. The molecule has 3 aromatic rings. The predicted octanol–water partition coefficient (Wildman–Crippen LogP) is 4.32. The molecule has 0 bridgehead atoms.